The molecule has 1 nitrogen and oxygen atoms in total. The van der Waals surface area contributed by atoms with Crippen LogP contribution in [0.3, 0.4) is 0 Å². The summed E-state index contributed by atoms with van der Waals surface area (Å²) in [5.41, 5.74) is 1.16. The van der Waals surface area contributed by atoms with Gasteiger partial charge >= 0.3 is 0 Å². The highest BCUT2D eigenvalue weighted by atomic mass is 79.9. The van der Waals surface area contributed by atoms with Crippen molar-refractivity contribution in [2.45, 2.75) is 5.33 Å². The van der Waals surface area contributed by atoms with Gasteiger partial charge in [-0.25, -0.2) is 0 Å². The maximum Gasteiger partial charge on any atom is 0.160 e. The van der Waals surface area contributed by atoms with Crippen LogP contribution < -0.4 is 0 Å². The van der Waals surface area contributed by atoms with Crippen molar-refractivity contribution in [1.82, 2.24) is 0 Å². The summed E-state index contributed by atoms with van der Waals surface area (Å²) in [6, 6.07) is 5.72. The minimum absolute atomic E-state index is 0.711. The fraction of sp³-hybridized carbons (Fsp3) is 0.100. The Morgan fingerprint density at radius 1 is 1.50 bits per heavy atom. The van der Waals surface area contributed by atoms with Gasteiger partial charge in [0.1, 0.15) is 0 Å². The summed E-state index contributed by atoms with van der Waals surface area (Å²) >= 11 is 10.9. The Kier molecular flexibility index (Phi) is 2.91. The quantitative estimate of drug-likeness (QED) is 0.596. The molecule has 1 aromatic heterocycles. The zero-order valence-corrected chi connectivity index (χ0v) is 10.2. The first-order valence-electron chi connectivity index (χ1n) is 3.98. The maximum absolute atomic E-state index is 10.6. The molecule has 0 aliphatic rings. The number of carbonyl (C=O) groups excluding carboxylic acids is 1. The lowest BCUT2D eigenvalue weighted by Gasteiger charge is -1.98. The van der Waals surface area contributed by atoms with Crippen molar-refractivity contribution in [3.63, 3.8) is 0 Å². The first-order valence-corrected chi connectivity index (χ1v) is 6.30. The molecule has 0 aliphatic heterocycles. The van der Waals surface area contributed by atoms with Gasteiger partial charge in [0.15, 0.2) is 6.29 Å². The fourth-order valence-electron chi connectivity index (χ4n) is 1.34. The Morgan fingerprint density at radius 3 is 2.93 bits per heavy atom. The lowest BCUT2D eigenvalue weighted by atomic mass is 10.1. The molecule has 1 heterocycles. The van der Waals surface area contributed by atoms with Gasteiger partial charge in [-0.2, -0.15) is 0 Å². The van der Waals surface area contributed by atoms with Crippen molar-refractivity contribution >= 4 is 55.2 Å². The minimum atomic E-state index is 0.711. The van der Waals surface area contributed by atoms with E-state index >= 15 is 0 Å². The van der Waals surface area contributed by atoms with Crippen LogP contribution in [0.1, 0.15) is 15.2 Å². The molecule has 0 saturated heterocycles. The number of hydrogen-bond acceptors (Lipinski definition) is 2. The monoisotopic (exact) mass is 288 g/mol. The average Bonchev–Trinajstić information content (AvgIpc) is 2.63. The van der Waals surface area contributed by atoms with Gasteiger partial charge in [-0.3, -0.25) is 4.79 Å². The lowest BCUT2D eigenvalue weighted by molar-refractivity contribution is 0.112. The third-order valence-electron chi connectivity index (χ3n) is 2.00. The van der Waals surface area contributed by atoms with E-state index in [0.29, 0.717) is 5.02 Å². The fourth-order valence-corrected chi connectivity index (χ4v) is 3.04. The molecule has 72 valence electrons. The summed E-state index contributed by atoms with van der Waals surface area (Å²) in [5, 5.41) is 2.56. The number of halogens is 2. The van der Waals surface area contributed by atoms with Crippen LogP contribution in [0.5, 0.6) is 0 Å². The SMILES string of the molecule is O=Cc1cc2c(CBr)ccc(Cl)c2s1. The Labute approximate surface area is 98.8 Å². The Balaban J connectivity index is 2.81. The highest BCUT2D eigenvalue weighted by molar-refractivity contribution is 9.08. The molecule has 0 unspecified atom stereocenters. The topological polar surface area (TPSA) is 17.1 Å². The minimum Gasteiger partial charge on any atom is -0.297 e. The van der Waals surface area contributed by atoms with Crippen LogP contribution in [0.25, 0.3) is 10.1 Å². The summed E-state index contributed by atoms with van der Waals surface area (Å²) in [6.45, 7) is 0. The van der Waals surface area contributed by atoms with Crippen LogP contribution in [0.15, 0.2) is 18.2 Å². The van der Waals surface area contributed by atoms with E-state index < -0.39 is 0 Å². The van der Waals surface area contributed by atoms with Gasteiger partial charge in [-0.1, -0.05) is 33.6 Å². The molecular formula is C10H6BrClOS. The molecule has 0 N–H and O–H groups in total. The number of thiophene rings is 1. The van der Waals surface area contributed by atoms with E-state index in [1.54, 1.807) is 0 Å². The molecule has 0 atom stereocenters. The smallest absolute Gasteiger partial charge is 0.160 e. The van der Waals surface area contributed by atoms with E-state index in [9.17, 15) is 4.79 Å². The molecule has 4 heteroatoms. The highest BCUT2D eigenvalue weighted by Gasteiger charge is 2.08. The third kappa shape index (κ3) is 1.60. The van der Waals surface area contributed by atoms with E-state index in [-0.39, 0.29) is 0 Å². The molecule has 0 fully saturated rings. The van der Waals surface area contributed by atoms with Crippen LogP contribution in [0.4, 0.5) is 0 Å². The second kappa shape index (κ2) is 4.01. The van der Waals surface area contributed by atoms with Crippen molar-refractivity contribution in [3.05, 3.63) is 33.7 Å². The molecule has 0 amide bonds. The largest absolute Gasteiger partial charge is 0.297 e. The van der Waals surface area contributed by atoms with Crippen molar-refractivity contribution in [2.75, 3.05) is 0 Å². The van der Waals surface area contributed by atoms with Gasteiger partial charge in [-0.15, -0.1) is 11.3 Å². The van der Waals surface area contributed by atoms with Crippen LogP contribution in [-0.4, -0.2) is 6.29 Å². The number of aldehydes is 1. The number of fused-ring (bicyclic) bond motifs is 1. The second-order valence-electron chi connectivity index (χ2n) is 2.85. The standard InChI is InChI=1S/C10H6BrClOS/c11-4-6-1-2-9(12)10-8(6)3-7(5-13)14-10/h1-3,5H,4H2. The van der Waals surface area contributed by atoms with Gasteiger partial charge in [0.05, 0.1) is 14.6 Å². The Bertz CT molecular complexity index is 492. The number of rotatable bonds is 2. The van der Waals surface area contributed by atoms with Gasteiger partial charge in [0.25, 0.3) is 0 Å². The van der Waals surface area contributed by atoms with E-state index in [2.05, 4.69) is 15.9 Å². The molecule has 1 aromatic carbocycles. The van der Waals surface area contributed by atoms with Gasteiger partial charge in [0.2, 0.25) is 0 Å². The van der Waals surface area contributed by atoms with Crippen molar-refractivity contribution in [2.24, 2.45) is 0 Å². The Hall–Kier alpha value is -0.380. The molecule has 14 heavy (non-hydrogen) atoms. The predicted molar refractivity (Wildman–Crippen MR) is 64.9 cm³/mol. The summed E-state index contributed by atoms with van der Waals surface area (Å²) in [7, 11) is 0. The second-order valence-corrected chi connectivity index (χ2v) is 4.90. The number of benzene rings is 1. The molecular weight excluding hydrogens is 284 g/mol. The van der Waals surface area contributed by atoms with E-state index in [1.807, 2.05) is 18.2 Å². The first kappa shape index (κ1) is 10.1. The molecule has 0 saturated carbocycles. The van der Waals surface area contributed by atoms with Crippen LogP contribution in [0, 0.1) is 0 Å². The average molecular weight is 290 g/mol. The molecule has 0 bridgehead atoms. The van der Waals surface area contributed by atoms with Gasteiger partial charge < -0.3 is 0 Å². The predicted octanol–water partition coefficient (Wildman–Crippen LogP) is 4.26. The summed E-state index contributed by atoms with van der Waals surface area (Å²) < 4.78 is 0.991. The zero-order valence-electron chi connectivity index (χ0n) is 7.09. The summed E-state index contributed by atoms with van der Waals surface area (Å²) in [5.74, 6) is 0. The maximum atomic E-state index is 10.6. The van der Waals surface area contributed by atoms with Crippen LogP contribution in [0.2, 0.25) is 5.02 Å². The lowest BCUT2D eigenvalue weighted by Crippen LogP contribution is -1.77. The van der Waals surface area contributed by atoms with E-state index in [1.165, 1.54) is 11.3 Å². The van der Waals surface area contributed by atoms with Crippen molar-refractivity contribution in [3.8, 4) is 0 Å². The number of carbonyl (C=O) groups is 1. The van der Waals surface area contributed by atoms with Crippen LogP contribution >= 0.6 is 38.9 Å². The first-order chi connectivity index (χ1) is 6.76. The molecule has 0 aliphatic carbocycles. The molecule has 0 spiro atoms. The third-order valence-corrected chi connectivity index (χ3v) is 4.13. The molecule has 0 radical (unpaired) electrons. The molecule has 2 rings (SSSR count). The van der Waals surface area contributed by atoms with Crippen molar-refractivity contribution < 1.29 is 4.79 Å². The summed E-state index contributed by atoms with van der Waals surface area (Å²) in [6.07, 6.45) is 0.860. The number of alkyl halides is 1. The number of hydrogen-bond donors (Lipinski definition) is 0. The van der Waals surface area contributed by atoms with Crippen LogP contribution in [-0.2, 0) is 5.33 Å². The van der Waals surface area contributed by atoms with Gasteiger partial charge in [0, 0.05) is 5.33 Å². The van der Waals surface area contributed by atoms with E-state index in [0.717, 1.165) is 32.1 Å². The van der Waals surface area contributed by atoms with Crippen molar-refractivity contribution in [1.29, 1.82) is 0 Å². The zero-order chi connectivity index (χ0) is 10.1. The summed E-state index contributed by atoms with van der Waals surface area (Å²) in [4.78, 5) is 11.4. The highest BCUT2D eigenvalue weighted by Crippen LogP contribution is 2.34. The Morgan fingerprint density at radius 2 is 2.29 bits per heavy atom. The van der Waals surface area contributed by atoms with Gasteiger partial charge in [-0.05, 0) is 23.1 Å². The molecule has 2 aromatic rings. The van der Waals surface area contributed by atoms with E-state index in [4.69, 9.17) is 11.6 Å². The normalized spacial score (nSPS) is 10.7.